The van der Waals surface area contributed by atoms with E-state index in [1.807, 2.05) is 21.0 Å². The van der Waals surface area contributed by atoms with E-state index in [1.165, 1.54) is 0 Å². The summed E-state index contributed by atoms with van der Waals surface area (Å²) in [4.78, 5) is 13.9. The molecule has 1 fully saturated rings. The second-order valence-corrected chi connectivity index (χ2v) is 5.57. The Kier molecular flexibility index (Phi) is 6.43. The predicted octanol–water partition coefficient (Wildman–Crippen LogP) is 0.929. The highest BCUT2D eigenvalue weighted by Crippen LogP contribution is 2.18. The summed E-state index contributed by atoms with van der Waals surface area (Å²) < 4.78 is 0. The van der Waals surface area contributed by atoms with E-state index in [2.05, 4.69) is 15.5 Å². The maximum atomic E-state index is 11.8. The Morgan fingerprint density at radius 3 is 2.67 bits per heavy atom. The van der Waals surface area contributed by atoms with Gasteiger partial charge in [0.2, 0.25) is 0 Å². The van der Waals surface area contributed by atoms with Crippen LogP contribution < -0.4 is 10.6 Å². The van der Waals surface area contributed by atoms with Crippen molar-refractivity contribution in [3.8, 4) is 0 Å². The highest BCUT2D eigenvalue weighted by molar-refractivity contribution is 5.74. The summed E-state index contributed by atoms with van der Waals surface area (Å²) in [6.45, 7) is 2.95. The van der Waals surface area contributed by atoms with E-state index in [-0.39, 0.29) is 24.2 Å². The first-order valence-electron chi connectivity index (χ1n) is 6.89. The zero-order valence-electron chi connectivity index (χ0n) is 11.8. The Labute approximate surface area is 110 Å². The fraction of sp³-hybridized carbons (Fsp3) is 0.923. The number of nitrogens with one attached hydrogen (secondary N) is 2. The fourth-order valence-corrected chi connectivity index (χ4v) is 2.24. The molecule has 0 saturated heterocycles. The Balaban J connectivity index is 2.23. The number of hydrogen-bond donors (Lipinski definition) is 3. The molecular formula is C13H27N3O2. The van der Waals surface area contributed by atoms with E-state index < -0.39 is 0 Å². The minimum absolute atomic E-state index is 0.0835. The molecule has 0 spiro atoms. The zero-order valence-corrected chi connectivity index (χ0v) is 11.8. The van der Waals surface area contributed by atoms with Gasteiger partial charge in [-0.15, -0.1) is 0 Å². The molecule has 3 atom stereocenters. The van der Waals surface area contributed by atoms with Gasteiger partial charge in [0, 0.05) is 6.04 Å². The van der Waals surface area contributed by atoms with E-state index in [0.717, 1.165) is 38.6 Å². The van der Waals surface area contributed by atoms with E-state index in [4.69, 9.17) is 0 Å². The number of aliphatic hydroxyl groups is 1. The molecule has 0 heterocycles. The van der Waals surface area contributed by atoms with Gasteiger partial charge in [0.1, 0.15) is 0 Å². The summed E-state index contributed by atoms with van der Waals surface area (Å²) in [5.74, 6) is 0. The van der Waals surface area contributed by atoms with Crippen molar-refractivity contribution >= 4 is 6.03 Å². The van der Waals surface area contributed by atoms with Crippen LogP contribution in [-0.4, -0.2) is 54.9 Å². The monoisotopic (exact) mass is 257 g/mol. The first-order valence-corrected chi connectivity index (χ1v) is 6.89. The van der Waals surface area contributed by atoms with Crippen molar-refractivity contribution in [2.45, 2.75) is 57.2 Å². The largest absolute Gasteiger partial charge is 0.391 e. The van der Waals surface area contributed by atoms with Gasteiger partial charge in [0.15, 0.2) is 0 Å². The highest BCUT2D eigenvalue weighted by Gasteiger charge is 2.24. The third-order valence-corrected chi connectivity index (χ3v) is 3.43. The molecule has 3 unspecified atom stereocenters. The lowest BCUT2D eigenvalue weighted by Crippen LogP contribution is -2.51. The van der Waals surface area contributed by atoms with Crippen molar-refractivity contribution in [1.82, 2.24) is 15.5 Å². The number of amides is 2. The van der Waals surface area contributed by atoms with Crippen LogP contribution in [-0.2, 0) is 0 Å². The van der Waals surface area contributed by atoms with Crippen molar-refractivity contribution in [3.05, 3.63) is 0 Å². The molecule has 106 valence electrons. The Morgan fingerprint density at radius 2 is 2.06 bits per heavy atom. The molecular weight excluding hydrogens is 230 g/mol. The van der Waals surface area contributed by atoms with Crippen molar-refractivity contribution < 1.29 is 9.90 Å². The summed E-state index contributed by atoms with van der Waals surface area (Å²) in [5, 5.41) is 15.6. The van der Waals surface area contributed by atoms with Crippen LogP contribution in [0.25, 0.3) is 0 Å². The number of hydrogen-bond acceptors (Lipinski definition) is 3. The van der Waals surface area contributed by atoms with Crippen LogP contribution in [0, 0.1) is 0 Å². The molecule has 2 amide bonds. The van der Waals surface area contributed by atoms with Gasteiger partial charge in [0.05, 0.1) is 12.1 Å². The van der Waals surface area contributed by atoms with Gasteiger partial charge in [-0.2, -0.15) is 0 Å². The number of carbonyl (C=O) groups is 1. The zero-order chi connectivity index (χ0) is 13.5. The molecule has 0 bridgehead atoms. The quantitative estimate of drug-likeness (QED) is 0.686. The smallest absolute Gasteiger partial charge is 0.315 e. The molecule has 1 rings (SSSR count). The molecule has 0 radical (unpaired) electrons. The Morgan fingerprint density at radius 1 is 1.39 bits per heavy atom. The van der Waals surface area contributed by atoms with Crippen LogP contribution in [0.4, 0.5) is 4.79 Å². The van der Waals surface area contributed by atoms with E-state index in [9.17, 15) is 9.90 Å². The molecule has 0 aliphatic heterocycles. The lowest BCUT2D eigenvalue weighted by molar-refractivity contribution is 0.0940. The van der Waals surface area contributed by atoms with Crippen molar-refractivity contribution in [1.29, 1.82) is 0 Å². The van der Waals surface area contributed by atoms with Gasteiger partial charge in [-0.1, -0.05) is 12.8 Å². The molecule has 5 heteroatoms. The second kappa shape index (κ2) is 7.59. The summed E-state index contributed by atoms with van der Waals surface area (Å²) in [5.41, 5.74) is 0. The first-order chi connectivity index (χ1) is 8.49. The molecule has 1 saturated carbocycles. The Bertz CT molecular complexity index is 259. The van der Waals surface area contributed by atoms with Crippen LogP contribution in [0.3, 0.4) is 0 Å². The number of carbonyl (C=O) groups excluding carboxylic acids is 1. The maximum Gasteiger partial charge on any atom is 0.315 e. The van der Waals surface area contributed by atoms with Gasteiger partial charge in [-0.3, -0.25) is 0 Å². The van der Waals surface area contributed by atoms with Gasteiger partial charge in [0.25, 0.3) is 0 Å². The fourth-order valence-electron chi connectivity index (χ4n) is 2.24. The lowest BCUT2D eigenvalue weighted by atomic mass is 9.93. The average molecular weight is 257 g/mol. The van der Waals surface area contributed by atoms with Crippen molar-refractivity contribution in [2.75, 3.05) is 20.6 Å². The van der Waals surface area contributed by atoms with Gasteiger partial charge >= 0.3 is 6.03 Å². The normalized spacial score (nSPS) is 25.8. The van der Waals surface area contributed by atoms with E-state index in [1.54, 1.807) is 0 Å². The third-order valence-electron chi connectivity index (χ3n) is 3.43. The standard InChI is InChI=1S/C13H27N3O2/c1-10(8-9-16(2)3)14-13(18)15-11-6-4-5-7-12(11)17/h10-12,17H,4-9H2,1-3H3,(H2,14,15,18). The van der Waals surface area contributed by atoms with Crippen LogP contribution in [0.1, 0.15) is 39.0 Å². The third kappa shape index (κ3) is 5.69. The minimum atomic E-state index is -0.387. The van der Waals surface area contributed by atoms with Gasteiger partial charge in [-0.25, -0.2) is 4.79 Å². The number of nitrogens with zero attached hydrogens (tertiary/aromatic N) is 1. The second-order valence-electron chi connectivity index (χ2n) is 5.57. The number of rotatable bonds is 5. The SMILES string of the molecule is CC(CCN(C)C)NC(=O)NC1CCCCC1O. The molecule has 18 heavy (non-hydrogen) atoms. The predicted molar refractivity (Wildman–Crippen MR) is 72.6 cm³/mol. The van der Waals surface area contributed by atoms with Gasteiger partial charge in [-0.05, 0) is 46.8 Å². The van der Waals surface area contributed by atoms with Crippen LogP contribution in [0.5, 0.6) is 0 Å². The molecule has 0 aromatic rings. The Hall–Kier alpha value is -0.810. The van der Waals surface area contributed by atoms with E-state index in [0.29, 0.717) is 0 Å². The summed E-state index contributed by atoms with van der Waals surface area (Å²) in [7, 11) is 4.04. The van der Waals surface area contributed by atoms with Crippen molar-refractivity contribution in [2.24, 2.45) is 0 Å². The summed E-state index contributed by atoms with van der Waals surface area (Å²) >= 11 is 0. The average Bonchev–Trinajstić information content (AvgIpc) is 2.29. The molecule has 3 N–H and O–H groups in total. The lowest BCUT2D eigenvalue weighted by Gasteiger charge is -2.29. The number of aliphatic hydroxyl groups excluding tert-OH is 1. The highest BCUT2D eigenvalue weighted by atomic mass is 16.3. The van der Waals surface area contributed by atoms with Crippen LogP contribution >= 0.6 is 0 Å². The first kappa shape index (κ1) is 15.2. The topological polar surface area (TPSA) is 64.6 Å². The van der Waals surface area contributed by atoms with Crippen molar-refractivity contribution in [3.63, 3.8) is 0 Å². The van der Waals surface area contributed by atoms with Crippen LogP contribution in [0.2, 0.25) is 0 Å². The minimum Gasteiger partial charge on any atom is -0.391 e. The molecule has 5 nitrogen and oxygen atoms in total. The molecule has 0 aromatic carbocycles. The molecule has 0 aromatic heterocycles. The number of urea groups is 1. The molecule has 1 aliphatic rings. The van der Waals surface area contributed by atoms with Gasteiger partial charge < -0.3 is 20.6 Å². The summed E-state index contributed by atoms with van der Waals surface area (Å²) in [6, 6.07) is -0.0971. The summed E-state index contributed by atoms with van der Waals surface area (Å²) in [6.07, 6.45) is 4.34. The molecule has 1 aliphatic carbocycles. The van der Waals surface area contributed by atoms with Crippen LogP contribution in [0.15, 0.2) is 0 Å². The van der Waals surface area contributed by atoms with E-state index >= 15 is 0 Å². The maximum absolute atomic E-state index is 11.8.